The van der Waals surface area contributed by atoms with Crippen molar-refractivity contribution in [3.63, 3.8) is 0 Å². The van der Waals surface area contributed by atoms with Crippen LogP contribution in [-0.2, 0) is 14.4 Å². The van der Waals surface area contributed by atoms with Crippen LogP contribution in [0.1, 0.15) is 12.5 Å². The summed E-state index contributed by atoms with van der Waals surface area (Å²) in [6, 6.07) is 13.7. The standard InChI is InChI=1S/C19H11ClN2O3S2/c1-10(23)21-14-8-3-2-7-13(14)15(17(21)24)16-18(25)22(19(26)27-16)12-6-4-5-11(20)9-12/h2-9H,1H3/b16-15-. The Balaban J connectivity index is 1.87. The average molecular weight is 415 g/mol. The molecule has 2 heterocycles. The Morgan fingerprint density at radius 1 is 1.07 bits per heavy atom. The Morgan fingerprint density at radius 3 is 2.52 bits per heavy atom. The molecule has 3 amide bonds. The lowest BCUT2D eigenvalue weighted by Gasteiger charge is -2.14. The van der Waals surface area contributed by atoms with Crippen molar-refractivity contribution in [2.75, 3.05) is 9.80 Å². The molecule has 0 atom stereocenters. The second-order valence-electron chi connectivity index (χ2n) is 5.87. The first kappa shape index (κ1) is 17.9. The van der Waals surface area contributed by atoms with Crippen LogP contribution in [0.2, 0.25) is 5.02 Å². The lowest BCUT2D eigenvalue weighted by atomic mass is 10.1. The molecule has 2 aliphatic heterocycles. The fraction of sp³-hybridized carbons (Fsp3) is 0.0526. The fourth-order valence-corrected chi connectivity index (χ4v) is 4.66. The van der Waals surface area contributed by atoms with Gasteiger partial charge in [-0.2, -0.15) is 0 Å². The Kier molecular flexibility index (Phi) is 4.38. The van der Waals surface area contributed by atoms with E-state index in [-0.39, 0.29) is 10.5 Å². The van der Waals surface area contributed by atoms with Crippen molar-refractivity contribution in [2.24, 2.45) is 0 Å². The summed E-state index contributed by atoms with van der Waals surface area (Å²) in [6.07, 6.45) is 0. The van der Waals surface area contributed by atoms with E-state index in [2.05, 4.69) is 0 Å². The number of thioether (sulfide) groups is 1. The molecule has 27 heavy (non-hydrogen) atoms. The Bertz CT molecular complexity index is 1080. The van der Waals surface area contributed by atoms with Crippen LogP contribution in [0.15, 0.2) is 53.4 Å². The second kappa shape index (κ2) is 6.60. The molecular weight excluding hydrogens is 404 g/mol. The molecule has 2 aliphatic rings. The molecule has 1 fully saturated rings. The fourth-order valence-electron chi connectivity index (χ4n) is 3.11. The number of anilines is 2. The van der Waals surface area contributed by atoms with E-state index in [0.717, 1.165) is 16.7 Å². The summed E-state index contributed by atoms with van der Waals surface area (Å²) in [5.41, 5.74) is 1.74. The minimum Gasteiger partial charge on any atom is -0.274 e. The molecule has 0 radical (unpaired) electrons. The maximum absolute atomic E-state index is 13.1. The average Bonchev–Trinajstić information content (AvgIpc) is 3.07. The van der Waals surface area contributed by atoms with Crippen LogP contribution in [-0.4, -0.2) is 22.0 Å². The number of para-hydroxylation sites is 1. The summed E-state index contributed by atoms with van der Waals surface area (Å²) >= 11 is 12.4. The molecule has 0 aromatic heterocycles. The molecule has 8 heteroatoms. The van der Waals surface area contributed by atoms with Crippen LogP contribution >= 0.6 is 35.6 Å². The maximum Gasteiger partial charge on any atom is 0.271 e. The summed E-state index contributed by atoms with van der Waals surface area (Å²) < 4.78 is 0.302. The van der Waals surface area contributed by atoms with Crippen LogP contribution < -0.4 is 9.80 Å². The molecule has 4 rings (SSSR count). The predicted octanol–water partition coefficient (Wildman–Crippen LogP) is 4.01. The molecule has 0 unspecified atom stereocenters. The zero-order valence-corrected chi connectivity index (χ0v) is 16.3. The van der Waals surface area contributed by atoms with Crippen molar-refractivity contribution in [1.29, 1.82) is 0 Å². The van der Waals surface area contributed by atoms with Gasteiger partial charge in [-0.1, -0.05) is 59.8 Å². The number of imide groups is 1. The number of amides is 3. The zero-order chi connectivity index (χ0) is 19.3. The quantitative estimate of drug-likeness (QED) is 0.521. The number of hydrogen-bond acceptors (Lipinski definition) is 5. The number of halogens is 1. The van der Waals surface area contributed by atoms with E-state index in [1.807, 2.05) is 0 Å². The zero-order valence-electron chi connectivity index (χ0n) is 13.9. The molecule has 0 aliphatic carbocycles. The first-order valence-electron chi connectivity index (χ1n) is 7.90. The molecule has 2 aromatic carbocycles. The highest BCUT2D eigenvalue weighted by atomic mass is 35.5. The number of hydrogen-bond donors (Lipinski definition) is 0. The van der Waals surface area contributed by atoms with Crippen LogP contribution in [0, 0.1) is 0 Å². The number of thiocarbonyl (C=S) groups is 1. The van der Waals surface area contributed by atoms with E-state index >= 15 is 0 Å². The number of carbonyl (C=O) groups is 3. The van der Waals surface area contributed by atoms with Crippen LogP contribution in [0.4, 0.5) is 11.4 Å². The molecule has 5 nitrogen and oxygen atoms in total. The molecule has 0 saturated carbocycles. The van der Waals surface area contributed by atoms with Crippen molar-refractivity contribution < 1.29 is 14.4 Å². The molecular formula is C19H11ClN2O3S2. The normalized spacial score (nSPS) is 19.1. The third-order valence-corrected chi connectivity index (χ3v) is 5.82. The van der Waals surface area contributed by atoms with E-state index in [1.165, 1.54) is 11.8 Å². The van der Waals surface area contributed by atoms with Gasteiger partial charge < -0.3 is 0 Å². The van der Waals surface area contributed by atoms with E-state index < -0.39 is 17.7 Å². The number of fused-ring (bicyclic) bond motifs is 1. The number of carbonyl (C=O) groups excluding carboxylic acids is 3. The van der Waals surface area contributed by atoms with E-state index in [1.54, 1.807) is 48.5 Å². The van der Waals surface area contributed by atoms with E-state index in [0.29, 0.717) is 26.3 Å². The lowest BCUT2D eigenvalue weighted by Crippen LogP contribution is -2.32. The van der Waals surface area contributed by atoms with Gasteiger partial charge in [0.15, 0.2) is 4.32 Å². The van der Waals surface area contributed by atoms with Gasteiger partial charge in [0.2, 0.25) is 5.91 Å². The monoisotopic (exact) mass is 414 g/mol. The first-order valence-corrected chi connectivity index (χ1v) is 9.51. The van der Waals surface area contributed by atoms with Gasteiger partial charge in [-0.25, -0.2) is 4.90 Å². The summed E-state index contributed by atoms with van der Waals surface area (Å²) in [4.78, 5) is 40.7. The maximum atomic E-state index is 13.1. The Labute approximate surface area is 169 Å². The van der Waals surface area contributed by atoms with Gasteiger partial charge in [0.05, 0.1) is 21.9 Å². The molecule has 134 valence electrons. The van der Waals surface area contributed by atoms with Crippen molar-refractivity contribution in [3.8, 4) is 0 Å². The van der Waals surface area contributed by atoms with Gasteiger partial charge in [0.1, 0.15) is 0 Å². The smallest absolute Gasteiger partial charge is 0.271 e. The highest BCUT2D eigenvalue weighted by molar-refractivity contribution is 8.27. The summed E-state index contributed by atoms with van der Waals surface area (Å²) in [5, 5.41) is 0.472. The number of nitrogens with zero attached hydrogens (tertiary/aromatic N) is 2. The third kappa shape index (κ3) is 2.79. The van der Waals surface area contributed by atoms with Gasteiger partial charge in [-0.05, 0) is 24.3 Å². The largest absolute Gasteiger partial charge is 0.274 e. The van der Waals surface area contributed by atoms with Crippen LogP contribution in [0.25, 0.3) is 5.57 Å². The van der Waals surface area contributed by atoms with Gasteiger partial charge in [0, 0.05) is 17.5 Å². The van der Waals surface area contributed by atoms with Gasteiger partial charge in [0.25, 0.3) is 11.8 Å². The minimum absolute atomic E-state index is 0.197. The molecule has 0 spiro atoms. The van der Waals surface area contributed by atoms with Gasteiger partial charge in [-0.3, -0.25) is 19.3 Å². The lowest BCUT2D eigenvalue weighted by molar-refractivity contribution is -0.122. The SMILES string of the molecule is CC(=O)N1C(=O)/C(=C2\SC(=S)N(c3cccc(Cl)c3)C2=O)c2ccccc21. The summed E-state index contributed by atoms with van der Waals surface area (Å²) in [6.45, 7) is 1.31. The topological polar surface area (TPSA) is 57.7 Å². The van der Waals surface area contributed by atoms with Crippen molar-refractivity contribution in [1.82, 2.24) is 0 Å². The summed E-state index contributed by atoms with van der Waals surface area (Å²) in [7, 11) is 0. The molecule has 2 aromatic rings. The van der Waals surface area contributed by atoms with E-state index in [9.17, 15) is 14.4 Å². The second-order valence-corrected chi connectivity index (χ2v) is 7.95. The molecule has 0 N–H and O–H groups in total. The molecule has 0 bridgehead atoms. The van der Waals surface area contributed by atoms with Gasteiger partial charge >= 0.3 is 0 Å². The Hall–Kier alpha value is -2.48. The summed E-state index contributed by atoms with van der Waals surface area (Å²) in [5.74, 6) is -1.33. The highest BCUT2D eigenvalue weighted by Gasteiger charge is 2.43. The Morgan fingerprint density at radius 2 is 1.81 bits per heavy atom. The van der Waals surface area contributed by atoms with Crippen LogP contribution in [0.3, 0.4) is 0 Å². The number of benzene rings is 2. The third-order valence-electron chi connectivity index (χ3n) is 4.21. The predicted molar refractivity (Wildman–Crippen MR) is 111 cm³/mol. The number of rotatable bonds is 1. The van der Waals surface area contributed by atoms with Crippen molar-refractivity contribution in [2.45, 2.75) is 6.92 Å². The van der Waals surface area contributed by atoms with Crippen LogP contribution in [0.5, 0.6) is 0 Å². The van der Waals surface area contributed by atoms with Crippen molar-refractivity contribution >= 4 is 74.6 Å². The van der Waals surface area contributed by atoms with Crippen molar-refractivity contribution in [3.05, 3.63) is 64.0 Å². The minimum atomic E-state index is -0.518. The van der Waals surface area contributed by atoms with Gasteiger partial charge in [-0.15, -0.1) is 0 Å². The first-order chi connectivity index (χ1) is 12.9. The molecule has 1 saturated heterocycles. The highest BCUT2D eigenvalue weighted by Crippen LogP contribution is 2.45. The van der Waals surface area contributed by atoms with E-state index in [4.69, 9.17) is 23.8 Å².